The summed E-state index contributed by atoms with van der Waals surface area (Å²) in [5, 5.41) is 0.727. The molecule has 0 fully saturated rings. The van der Waals surface area contributed by atoms with Gasteiger partial charge in [-0.3, -0.25) is 9.36 Å². The van der Waals surface area contributed by atoms with Crippen molar-refractivity contribution >= 4 is 26.8 Å². The van der Waals surface area contributed by atoms with Gasteiger partial charge in [0.15, 0.2) is 0 Å². The highest BCUT2D eigenvalue weighted by Gasteiger charge is 2.24. The Labute approximate surface area is 101 Å². The molecule has 0 amide bonds. The fraction of sp³-hybridized carbons (Fsp3) is 0.333. The first-order valence-electron chi connectivity index (χ1n) is 5.32. The Morgan fingerprint density at radius 3 is 3.12 bits per heavy atom. The zero-order chi connectivity index (χ0) is 11.3. The van der Waals surface area contributed by atoms with Gasteiger partial charge in [-0.2, -0.15) is 0 Å². The molecule has 1 aromatic heterocycles. The predicted octanol–water partition coefficient (Wildman–Crippen LogP) is 2.54. The summed E-state index contributed by atoms with van der Waals surface area (Å²) in [5.41, 5.74) is 1.99. The van der Waals surface area contributed by atoms with Crippen LogP contribution in [0.4, 0.5) is 0 Å². The number of aryl methyl sites for hydroxylation is 1. The van der Waals surface area contributed by atoms with Crippen LogP contribution in [0.1, 0.15) is 22.6 Å². The van der Waals surface area contributed by atoms with E-state index in [4.69, 9.17) is 0 Å². The molecule has 1 unspecified atom stereocenters. The van der Waals surface area contributed by atoms with E-state index in [-0.39, 0.29) is 10.4 Å². The van der Waals surface area contributed by atoms with Crippen molar-refractivity contribution in [2.24, 2.45) is 0 Å². The largest absolute Gasteiger partial charge is 0.295 e. The first-order chi connectivity index (χ1) is 7.68. The zero-order valence-corrected chi connectivity index (χ0v) is 10.5. The van der Waals surface area contributed by atoms with Crippen LogP contribution in [0.5, 0.6) is 0 Å². The van der Waals surface area contributed by atoms with Crippen LogP contribution in [-0.2, 0) is 6.54 Å². The fourth-order valence-electron chi connectivity index (χ4n) is 2.23. The number of aromatic nitrogens is 2. The summed E-state index contributed by atoms with van der Waals surface area (Å²) in [4.78, 5) is 17.0. The minimum absolute atomic E-state index is 0.0886. The Hall–Kier alpha value is -1.16. The maximum absolute atomic E-state index is 12.2. The molecule has 0 spiro atoms. The lowest BCUT2D eigenvalue weighted by atomic mass is 10.1. The smallest absolute Gasteiger partial charge is 0.261 e. The van der Waals surface area contributed by atoms with E-state index in [9.17, 15) is 4.79 Å². The standard InChI is InChI=1S/C12H11BrN2O/c1-7-3-2-4-8-10(7)14-11-9(13)5-6-15(11)12(8)16/h2-4,9H,5-6H2,1H3. The summed E-state index contributed by atoms with van der Waals surface area (Å²) in [6.07, 6.45) is 0.942. The number of halogens is 1. The van der Waals surface area contributed by atoms with E-state index in [0.29, 0.717) is 0 Å². The van der Waals surface area contributed by atoms with Gasteiger partial charge in [-0.05, 0) is 25.0 Å². The van der Waals surface area contributed by atoms with Crippen molar-refractivity contribution < 1.29 is 0 Å². The highest BCUT2D eigenvalue weighted by atomic mass is 79.9. The molecule has 0 aliphatic carbocycles. The van der Waals surface area contributed by atoms with Crippen LogP contribution < -0.4 is 5.56 Å². The molecule has 1 atom stereocenters. The minimum atomic E-state index is 0.0886. The lowest BCUT2D eigenvalue weighted by Crippen LogP contribution is -2.21. The number of fused-ring (bicyclic) bond motifs is 2. The van der Waals surface area contributed by atoms with E-state index < -0.39 is 0 Å². The Balaban J connectivity index is 2.49. The predicted molar refractivity (Wildman–Crippen MR) is 67.0 cm³/mol. The van der Waals surface area contributed by atoms with Gasteiger partial charge in [0.2, 0.25) is 0 Å². The summed E-state index contributed by atoms with van der Waals surface area (Å²) < 4.78 is 1.78. The van der Waals surface area contributed by atoms with Crippen LogP contribution in [0.3, 0.4) is 0 Å². The minimum Gasteiger partial charge on any atom is -0.295 e. The summed E-state index contributed by atoms with van der Waals surface area (Å²) in [6.45, 7) is 2.75. The molecule has 1 aliphatic rings. The first-order valence-corrected chi connectivity index (χ1v) is 6.24. The van der Waals surface area contributed by atoms with Crippen LogP contribution in [0.25, 0.3) is 10.9 Å². The molecule has 0 saturated heterocycles. The van der Waals surface area contributed by atoms with E-state index >= 15 is 0 Å². The van der Waals surface area contributed by atoms with Gasteiger partial charge in [0.05, 0.1) is 15.7 Å². The van der Waals surface area contributed by atoms with Crippen LogP contribution in [0, 0.1) is 6.92 Å². The van der Waals surface area contributed by atoms with E-state index in [1.807, 2.05) is 25.1 Å². The molecular weight excluding hydrogens is 268 g/mol. The van der Waals surface area contributed by atoms with Gasteiger partial charge in [0.25, 0.3) is 5.56 Å². The third-order valence-electron chi connectivity index (χ3n) is 3.10. The van der Waals surface area contributed by atoms with Gasteiger partial charge in [0, 0.05) is 6.54 Å². The Bertz CT molecular complexity index is 633. The van der Waals surface area contributed by atoms with E-state index in [1.165, 1.54) is 0 Å². The molecule has 3 nitrogen and oxygen atoms in total. The van der Waals surface area contributed by atoms with Gasteiger partial charge in [-0.15, -0.1) is 0 Å². The van der Waals surface area contributed by atoms with Crippen molar-refractivity contribution in [3.05, 3.63) is 39.9 Å². The molecule has 0 saturated carbocycles. The molecule has 0 bridgehead atoms. The lowest BCUT2D eigenvalue weighted by molar-refractivity contribution is 0.719. The molecule has 2 heterocycles. The normalized spacial score (nSPS) is 19.0. The van der Waals surface area contributed by atoms with Gasteiger partial charge in [0.1, 0.15) is 5.82 Å². The van der Waals surface area contributed by atoms with E-state index in [1.54, 1.807) is 4.57 Å². The molecule has 82 valence electrons. The average molecular weight is 279 g/mol. The Morgan fingerprint density at radius 2 is 2.31 bits per heavy atom. The summed E-state index contributed by atoms with van der Waals surface area (Å²) >= 11 is 3.56. The number of alkyl halides is 1. The number of nitrogens with zero attached hydrogens (tertiary/aromatic N) is 2. The van der Waals surface area contributed by atoms with Crippen molar-refractivity contribution in [1.29, 1.82) is 0 Å². The Kier molecular flexibility index (Phi) is 2.14. The van der Waals surface area contributed by atoms with E-state index in [2.05, 4.69) is 20.9 Å². The Morgan fingerprint density at radius 1 is 1.50 bits per heavy atom. The summed E-state index contributed by atoms with van der Waals surface area (Å²) in [6, 6.07) is 5.75. The molecule has 0 N–H and O–H groups in total. The molecule has 1 aromatic carbocycles. The highest BCUT2D eigenvalue weighted by molar-refractivity contribution is 9.09. The number of rotatable bonds is 0. The van der Waals surface area contributed by atoms with Crippen LogP contribution in [0.15, 0.2) is 23.0 Å². The lowest BCUT2D eigenvalue weighted by Gasteiger charge is -2.07. The maximum atomic E-state index is 12.2. The number of hydrogen-bond acceptors (Lipinski definition) is 2. The topological polar surface area (TPSA) is 34.9 Å². The second-order valence-corrected chi connectivity index (χ2v) is 5.26. The molecule has 0 radical (unpaired) electrons. The SMILES string of the molecule is Cc1cccc2c(=O)n3c(nc12)C(Br)CC3. The fourth-order valence-corrected chi connectivity index (χ4v) is 2.79. The first kappa shape index (κ1) is 10.0. The van der Waals surface area contributed by atoms with Crippen molar-refractivity contribution in [3.8, 4) is 0 Å². The third-order valence-corrected chi connectivity index (χ3v) is 3.97. The molecular formula is C12H11BrN2O. The number of para-hydroxylation sites is 1. The van der Waals surface area contributed by atoms with Crippen LogP contribution >= 0.6 is 15.9 Å². The monoisotopic (exact) mass is 278 g/mol. The van der Waals surface area contributed by atoms with Crippen molar-refractivity contribution in [3.63, 3.8) is 0 Å². The summed E-state index contributed by atoms with van der Waals surface area (Å²) in [5.74, 6) is 0.867. The van der Waals surface area contributed by atoms with E-state index in [0.717, 1.165) is 35.3 Å². The van der Waals surface area contributed by atoms with Gasteiger partial charge < -0.3 is 0 Å². The van der Waals surface area contributed by atoms with Crippen LogP contribution in [0.2, 0.25) is 0 Å². The number of hydrogen-bond donors (Lipinski definition) is 0. The highest BCUT2D eigenvalue weighted by Crippen LogP contribution is 2.31. The van der Waals surface area contributed by atoms with Gasteiger partial charge in [-0.25, -0.2) is 4.98 Å². The molecule has 2 aromatic rings. The zero-order valence-electron chi connectivity index (χ0n) is 8.90. The molecule has 3 rings (SSSR count). The van der Waals surface area contributed by atoms with Crippen molar-refractivity contribution in [1.82, 2.24) is 9.55 Å². The van der Waals surface area contributed by atoms with Gasteiger partial charge in [-0.1, -0.05) is 28.1 Å². The third kappa shape index (κ3) is 1.26. The summed E-state index contributed by atoms with van der Waals surface area (Å²) in [7, 11) is 0. The molecule has 4 heteroatoms. The van der Waals surface area contributed by atoms with Crippen molar-refractivity contribution in [2.45, 2.75) is 24.7 Å². The van der Waals surface area contributed by atoms with Crippen molar-refractivity contribution in [2.75, 3.05) is 0 Å². The van der Waals surface area contributed by atoms with Crippen LogP contribution in [-0.4, -0.2) is 9.55 Å². The molecule has 16 heavy (non-hydrogen) atoms. The average Bonchev–Trinajstić information content (AvgIpc) is 2.63. The second-order valence-electron chi connectivity index (χ2n) is 4.15. The van der Waals surface area contributed by atoms with Gasteiger partial charge >= 0.3 is 0 Å². The quantitative estimate of drug-likeness (QED) is 0.695. The second kappa shape index (κ2) is 3.42. The molecule has 1 aliphatic heterocycles. The number of benzene rings is 1. The maximum Gasteiger partial charge on any atom is 0.261 e.